The Morgan fingerprint density at radius 1 is 0.875 bits per heavy atom. The first-order valence-corrected chi connectivity index (χ1v) is 23.4. The van der Waals surface area contributed by atoms with E-state index < -0.39 is 8.67 Å². The van der Waals surface area contributed by atoms with Crippen LogP contribution >= 0.6 is 103 Å². The maximum atomic E-state index is 3.24. The summed E-state index contributed by atoms with van der Waals surface area (Å²) >= 11 is 17.1. The molecule has 0 aliphatic rings. The highest BCUT2D eigenvalue weighted by atomic mass is 127. The van der Waals surface area contributed by atoms with Crippen LogP contribution in [0.1, 0.15) is 0 Å². The lowest BCUT2D eigenvalue weighted by molar-refractivity contribution is 4.99. The van der Waals surface area contributed by atoms with E-state index in [0.717, 1.165) is 0 Å². The second-order valence-corrected chi connectivity index (χ2v) is 53.4. The van der Waals surface area contributed by atoms with Crippen molar-refractivity contribution >= 4 is 116 Å². The molecule has 0 fully saturated rings. The molecule has 0 saturated carbocycles. The normalized spacial score (nSPS) is 6.75. The molecule has 0 aliphatic heterocycles. The number of hydrogen-bond acceptors (Lipinski definition) is 0. The first kappa shape index (κ1) is 15.2. The summed E-state index contributed by atoms with van der Waals surface area (Å²) in [5, 5.41) is 0. The van der Waals surface area contributed by atoms with E-state index in [4.69, 9.17) is 0 Å². The van der Waals surface area contributed by atoms with Gasteiger partial charge in [-0.2, -0.15) is 103 Å². The molecule has 0 rings (SSSR count). The van der Waals surface area contributed by atoms with Gasteiger partial charge in [0.2, 0.25) is 0 Å². The Kier molecular flexibility index (Phi) is 22.2. The van der Waals surface area contributed by atoms with Crippen LogP contribution in [0.25, 0.3) is 0 Å². The lowest BCUT2D eigenvalue weighted by atomic mass is 26.9. The van der Waals surface area contributed by atoms with Gasteiger partial charge in [0.05, 0.1) is 0 Å². The first-order valence-electron chi connectivity index (χ1n) is 1.31. The van der Waals surface area contributed by atoms with Crippen LogP contribution in [-0.4, -0.2) is 13.0 Å². The van der Waals surface area contributed by atoms with Gasteiger partial charge in [-0.15, -0.1) is 0 Å². The Bertz CT molecular complexity index is 28.0. The monoisotopic (exact) mass is 671 g/mol. The minimum Gasteiger partial charge on any atom is -0.181 e. The lowest BCUT2D eigenvalue weighted by Crippen LogP contribution is -1.60. The quantitative estimate of drug-likeness (QED) is 0.264. The van der Waals surface area contributed by atoms with Crippen LogP contribution in [-0.2, 0) is 0 Å². The standard InChI is InChI=1S/2Al.3BrH.3HI/h;;6*1H/q2*+3;;;;;;/p-6. The summed E-state index contributed by atoms with van der Waals surface area (Å²) in [6, 6.07) is 0. The van der Waals surface area contributed by atoms with Crippen molar-refractivity contribution in [1.29, 1.82) is 0 Å². The fourth-order valence-electron chi connectivity index (χ4n) is 0. The molecule has 0 saturated heterocycles. The molecule has 0 aromatic rings. The zero-order valence-electron chi connectivity index (χ0n) is 3.42. The Hall–Kier alpha value is 4.69. The van der Waals surface area contributed by atoms with Crippen molar-refractivity contribution < 1.29 is 0 Å². The van der Waals surface area contributed by atoms with E-state index in [-0.39, 0.29) is 4.30 Å². The van der Waals surface area contributed by atoms with Crippen LogP contribution in [0.15, 0.2) is 0 Å². The van der Waals surface area contributed by atoms with Crippen LogP contribution in [0, 0.1) is 0 Å². The molecule has 8 heteroatoms. The molecule has 0 aromatic carbocycles. The van der Waals surface area contributed by atoms with Crippen molar-refractivity contribution in [2.75, 3.05) is 0 Å². The van der Waals surface area contributed by atoms with Gasteiger partial charge in [-0.25, -0.2) is 0 Å². The second kappa shape index (κ2) is 11.7. The summed E-state index contributed by atoms with van der Waals surface area (Å²) in [5.74, 6) is 0. The maximum Gasteiger partial charge on any atom is 0.542 e. The predicted octanol–water partition coefficient (Wildman–Crippen LogP) is 4.43. The van der Waals surface area contributed by atoms with Gasteiger partial charge in [0.15, 0.2) is 0 Å². The van der Waals surface area contributed by atoms with Crippen molar-refractivity contribution in [1.82, 2.24) is 0 Å². The molecular formula is Al2Br3I3. The van der Waals surface area contributed by atoms with Gasteiger partial charge >= 0.3 is 13.0 Å². The molecular weight excluding hydrogens is 674 g/mol. The zero-order valence-corrected chi connectivity index (χ0v) is 17.0. The highest BCUT2D eigenvalue weighted by molar-refractivity contribution is 14.4. The Balaban J connectivity index is 0. The fraction of sp³-hybridized carbons (Fsp3) is 0. The predicted molar refractivity (Wildman–Crippen MR) is 80.3 cm³/mol. The van der Waals surface area contributed by atoms with Crippen molar-refractivity contribution in [2.24, 2.45) is 0 Å². The molecule has 48 valence electrons. The van der Waals surface area contributed by atoms with Crippen molar-refractivity contribution in [3.05, 3.63) is 0 Å². The minimum absolute atomic E-state index is 0.229. The third-order valence-corrected chi connectivity index (χ3v) is 0. The van der Waals surface area contributed by atoms with Crippen LogP contribution in [0.2, 0.25) is 0 Å². The van der Waals surface area contributed by atoms with Gasteiger partial charge in [0.25, 0.3) is 0 Å². The van der Waals surface area contributed by atoms with E-state index in [1.165, 1.54) is 0 Å². The van der Waals surface area contributed by atoms with Gasteiger partial charge in [0, 0.05) is 0 Å². The van der Waals surface area contributed by atoms with E-state index in [2.05, 4.69) is 103 Å². The van der Waals surface area contributed by atoms with Crippen LogP contribution in [0.4, 0.5) is 0 Å². The van der Waals surface area contributed by atoms with E-state index >= 15 is 0 Å². The van der Waals surface area contributed by atoms with Crippen LogP contribution < -0.4 is 0 Å². The van der Waals surface area contributed by atoms with Crippen LogP contribution in [0.5, 0.6) is 0 Å². The SMILES string of the molecule is [Br][Al]([Br])[Br].[I][Al]([I])[I]. The number of hydrogen-bond donors (Lipinski definition) is 0. The highest BCUT2D eigenvalue weighted by Crippen LogP contribution is 2.10. The Morgan fingerprint density at radius 2 is 0.875 bits per heavy atom. The highest BCUT2D eigenvalue weighted by Gasteiger charge is 1.95. The van der Waals surface area contributed by atoms with Gasteiger partial charge in [0.1, 0.15) is 0 Å². The summed E-state index contributed by atoms with van der Waals surface area (Å²) in [7, 11) is -0.701. The molecule has 0 unspecified atom stereocenters. The molecule has 0 amide bonds. The molecule has 0 nitrogen and oxygen atoms in total. The third kappa shape index (κ3) is 45.6. The fourth-order valence-corrected chi connectivity index (χ4v) is 0. The molecule has 0 bridgehead atoms. The molecule has 0 N–H and O–H groups in total. The van der Waals surface area contributed by atoms with E-state index in [1.54, 1.807) is 0 Å². The van der Waals surface area contributed by atoms with Gasteiger partial charge < -0.3 is 0 Å². The van der Waals surface area contributed by atoms with Gasteiger partial charge in [-0.1, -0.05) is 0 Å². The zero-order chi connectivity index (χ0) is 7.15. The van der Waals surface area contributed by atoms with Crippen molar-refractivity contribution in [3.8, 4) is 0 Å². The summed E-state index contributed by atoms with van der Waals surface area (Å²) in [4.78, 5) is 0. The Morgan fingerprint density at radius 3 is 0.875 bits per heavy atom. The number of rotatable bonds is 0. The molecule has 0 radical (unpaired) electrons. The van der Waals surface area contributed by atoms with Crippen LogP contribution in [0.3, 0.4) is 0 Å². The average molecular weight is 674 g/mol. The molecule has 0 spiro atoms. The maximum absolute atomic E-state index is 3.24. The van der Waals surface area contributed by atoms with Gasteiger partial charge in [-0.05, 0) is 0 Å². The second-order valence-electron chi connectivity index (χ2n) is 0.495. The number of halogens is 6. The molecule has 8 heavy (non-hydrogen) atoms. The molecule has 0 aromatic heterocycles. The van der Waals surface area contributed by atoms with E-state index in [1.807, 2.05) is 0 Å². The van der Waals surface area contributed by atoms with Gasteiger partial charge in [-0.3, -0.25) is 0 Å². The average Bonchev–Trinajstić information content (AvgIpc) is 1.25. The largest absolute Gasteiger partial charge is 0.542 e. The first-order chi connectivity index (χ1) is 3.46. The van der Waals surface area contributed by atoms with Crippen molar-refractivity contribution in [3.63, 3.8) is 0 Å². The molecule has 0 aliphatic carbocycles. The topological polar surface area (TPSA) is 0 Å². The summed E-state index contributed by atoms with van der Waals surface area (Å²) in [5.41, 5.74) is 0. The molecule has 0 heterocycles. The minimum atomic E-state index is -0.701. The lowest BCUT2D eigenvalue weighted by Gasteiger charge is -1.59. The third-order valence-electron chi connectivity index (χ3n) is 0. The summed E-state index contributed by atoms with van der Waals surface area (Å²) in [6.45, 7) is 0. The summed E-state index contributed by atoms with van der Waals surface area (Å²) in [6.07, 6.45) is 0. The van der Waals surface area contributed by atoms with Crippen molar-refractivity contribution in [2.45, 2.75) is 0 Å². The molecule has 0 atom stereocenters. The van der Waals surface area contributed by atoms with E-state index in [0.29, 0.717) is 0 Å². The summed E-state index contributed by atoms with van der Waals surface area (Å²) < 4.78 is -0.229. The van der Waals surface area contributed by atoms with E-state index in [9.17, 15) is 0 Å². The Labute approximate surface area is 112 Å². The smallest absolute Gasteiger partial charge is 0.181 e.